The average molecular weight is 633 g/mol. The third-order valence-corrected chi connectivity index (χ3v) is 8.23. The van der Waals surface area contributed by atoms with Crippen LogP contribution >= 0.6 is 0 Å². The fraction of sp³-hybridized carbons (Fsp3) is 0.406. The third-order valence-electron chi connectivity index (χ3n) is 8.23. The van der Waals surface area contributed by atoms with E-state index in [1.807, 2.05) is 0 Å². The number of aromatic nitrogens is 2. The Balaban J connectivity index is 0.000000178. The molecule has 0 amide bonds. The molecular formula is C32H33F5N4O4. The van der Waals surface area contributed by atoms with E-state index < -0.39 is 29.3 Å². The predicted molar refractivity (Wildman–Crippen MR) is 159 cm³/mol. The van der Waals surface area contributed by atoms with Crippen molar-refractivity contribution in [2.24, 2.45) is 0 Å². The molecule has 0 saturated heterocycles. The summed E-state index contributed by atoms with van der Waals surface area (Å²) >= 11 is 0. The number of fused-ring (bicyclic) bond motifs is 2. The Hall–Kier alpha value is -4.10. The number of aliphatic hydroxyl groups excluding tert-OH is 2. The molecule has 0 unspecified atom stereocenters. The molecule has 0 bridgehead atoms. The Bertz CT molecular complexity index is 1670. The minimum absolute atomic E-state index is 0.0677. The van der Waals surface area contributed by atoms with Crippen LogP contribution in [0.2, 0.25) is 0 Å². The fourth-order valence-corrected chi connectivity index (χ4v) is 5.87. The van der Waals surface area contributed by atoms with Gasteiger partial charge in [0.25, 0.3) is 0 Å². The number of carbonyl (C=O) groups is 1. The second-order valence-electron chi connectivity index (χ2n) is 11.6. The number of pyridine rings is 2. The number of benzene rings is 2. The molecule has 2 aromatic carbocycles. The number of nitrogens with one attached hydrogen (secondary N) is 2. The van der Waals surface area contributed by atoms with Gasteiger partial charge in [-0.3, -0.25) is 0 Å². The molecule has 2 saturated carbocycles. The summed E-state index contributed by atoms with van der Waals surface area (Å²) in [7, 11) is 0. The molecule has 0 aliphatic heterocycles. The molecule has 2 aromatic heterocycles. The van der Waals surface area contributed by atoms with E-state index in [1.54, 1.807) is 6.07 Å². The Kier molecular flexibility index (Phi) is 9.68. The van der Waals surface area contributed by atoms with Gasteiger partial charge in [0.1, 0.15) is 23.3 Å². The highest BCUT2D eigenvalue weighted by Crippen LogP contribution is 2.36. The van der Waals surface area contributed by atoms with Crippen LogP contribution in [0.25, 0.3) is 21.5 Å². The van der Waals surface area contributed by atoms with Crippen molar-refractivity contribution < 1.29 is 42.1 Å². The fourth-order valence-electron chi connectivity index (χ4n) is 5.87. The van der Waals surface area contributed by atoms with Crippen molar-refractivity contribution in [2.75, 3.05) is 10.6 Å². The first kappa shape index (κ1) is 32.3. The first-order valence-corrected chi connectivity index (χ1v) is 14.7. The quantitative estimate of drug-likeness (QED) is 0.151. The van der Waals surface area contributed by atoms with Gasteiger partial charge in [0.15, 0.2) is 0 Å². The maximum absolute atomic E-state index is 13.4. The molecule has 2 aliphatic carbocycles. The van der Waals surface area contributed by atoms with Gasteiger partial charge in [-0.15, -0.1) is 0 Å². The first-order valence-electron chi connectivity index (χ1n) is 14.7. The number of rotatable bonds is 5. The summed E-state index contributed by atoms with van der Waals surface area (Å²) in [6.07, 6.45) is 3.51. The Labute approximate surface area is 255 Å². The molecule has 45 heavy (non-hydrogen) atoms. The number of halogens is 5. The van der Waals surface area contributed by atoms with Crippen LogP contribution in [0, 0.1) is 11.6 Å². The third kappa shape index (κ3) is 8.14. The number of hydrogen-bond acceptors (Lipinski definition) is 7. The van der Waals surface area contributed by atoms with Crippen LogP contribution in [0.5, 0.6) is 0 Å². The van der Waals surface area contributed by atoms with Gasteiger partial charge < -0.3 is 26.0 Å². The van der Waals surface area contributed by atoms with Crippen molar-refractivity contribution >= 4 is 39.1 Å². The maximum Gasteiger partial charge on any atom is 0.417 e. The van der Waals surface area contributed by atoms with Gasteiger partial charge in [0, 0.05) is 40.6 Å². The van der Waals surface area contributed by atoms with Crippen LogP contribution in [0.1, 0.15) is 67.3 Å². The van der Waals surface area contributed by atoms with E-state index in [9.17, 15) is 42.1 Å². The molecule has 0 atom stereocenters. The Morgan fingerprint density at radius 3 is 1.60 bits per heavy atom. The normalized spacial score (nSPS) is 22.0. The largest absolute Gasteiger partial charge is 0.478 e. The summed E-state index contributed by atoms with van der Waals surface area (Å²) in [6.45, 7) is 0. The lowest BCUT2D eigenvalue weighted by Gasteiger charge is -2.26. The summed E-state index contributed by atoms with van der Waals surface area (Å²) in [5.74, 6) is -1.79. The summed E-state index contributed by atoms with van der Waals surface area (Å²) in [5, 5.41) is 35.5. The molecule has 8 nitrogen and oxygen atoms in total. The van der Waals surface area contributed by atoms with E-state index >= 15 is 0 Å². The Morgan fingerprint density at radius 1 is 0.689 bits per heavy atom. The van der Waals surface area contributed by atoms with E-state index in [1.165, 1.54) is 24.5 Å². The number of carboxylic acid groups (broad SMARTS) is 1. The van der Waals surface area contributed by atoms with Gasteiger partial charge in [0.05, 0.1) is 23.3 Å². The molecule has 4 aromatic rings. The minimum Gasteiger partial charge on any atom is -0.478 e. The second-order valence-corrected chi connectivity index (χ2v) is 11.6. The number of alkyl halides is 3. The van der Waals surface area contributed by atoms with E-state index in [4.69, 9.17) is 0 Å². The van der Waals surface area contributed by atoms with Gasteiger partial charge in [-0.25, -0.2) is 23.5 Å². The lowest BCUT2D eigenvalue weighted by Crippen LogP contribution is -2.28. The first-order chi connectivity index (χ1) is 21.4. The van der Waals surface area contributed by atoms with Gasteiger partial charge in [-0.2, -0.15) is 13.2 Å². The van der Waals surface area contributed by atoms with Crippen molar-refractivity contribution in [2.45, 2.75) is 81.8 Å². The van der Waals surface area contributed by atoms with Gasteiger partial charge in [0.2, 0.25) is 0 Å². The van der Waals surface area contributed by atoms with Gasteiger partial charge in [-0.1, -0.05) is 0 Å². The van der Waals surface area contributed by atoms with Crippen molar-refractivity contribution in [1.29, 1.82) is 0 Å². The number of aromatic carboxylic acids is 1. The zero-order chi connectivity index (χ0) is 32.3. The van der Waals surface area contributed by atoms with Crippen LogP contribution < -0.4 is 10.6 Å². The highest BCUT2D eigenvalue weighted by atomic mass is 19.4. The van der Waals surface area contributed by atoms with Gasteiger partial charge >= 0.3 is 12.1 Å². The Morgan fingerprint density at radius 2 is 1.13 bits per heavy atom. The van der Waals surface area contributed by atoms with Crippen molar-refractivity contribution in [1.82, 2.24) is 9.97 Å². The van der Waals surface area contributed by atoms with Crippen LogP contribution in [0.4, 0.5) is 33.6 Å². The molecule has 6 rings (SSSR count). The summed E-state index contributed by atoms with van der Waals surface area (Å²) in [4.78, 5) is 19.6. The minimum atomic E-state index is -4.63. The molecule has 2 heterocycles. The highest BCUT2D eigenvalue weighted by Gasteiger charge is 2.33. The molecule has 2 fully saturated rings. The summed E-state index contributed by atoms with van der Waals surface area (Å²) in [6, 6.07) is 7.06. The number of carboxylic acids is 1. The molecule has 5 N–H and O–H groups in total. The average Bonchev–Trinajstić information content (AvgIpc) is 2.99. The highest BCUT2D eigenvalue weighted by molar-refractivity contribution is 6.04. The number of nitrogens with zero attached hydrogens (tertiary/aromatic N) is 2. The summed E-state index contributed by atoms with van der Waals surface area (Å²) < 4.78 is 66.1. The molecule has 0 radical (unpaired) electrons. The predicted octanol–water partition coefficient (Wildman–Crippen LogP) is 6.90. The SMILES string of the molecule is O=C(O)c1cc(F)cc2cnc(NC3CCC(O)CC3)cc12.OC1CCC(Nc2cc3c(C(F)(F)F)cc(F)cc3cn2)CC1. The van der Waals surface area contributed by atoms with E-state index in [2.05, 4.69) is 20.6 Å². The molecule has 2 aliphatic rings. The smallest absolute Gasteiger partial charge is 0.417 e. The van der Waals surface area contributed by atoms with Crippen LogP contribution in [-0.2, 0) is 6.18 Å². The molecular weight excluding hydrogens is 599 g/mol. The maximum atomic E-state index is 13.4. The zero-order valence-electron chi connectivity index (χ0n) is 24.1. The standard InChI is InChI=1S/C16H16F4N2O.C16H17FN2O3/c17-10-5-9-8-21-15(22-11-1-3-12(23)4-2-11)7-13(9)14(6-10)16(18,19)20;17-10-5-9-8-18-15(7-13(9)14(6-10)16(21)22)19-11-1-3-12(20)4-2-11/h5-8,11-12,23H,1-4H2,(H,21,22);5-8,11-12,20H,1-4H2,(H,18,19)(H,21,22). The van der Waals surface area contributed by atoms with E-state index in [0.717, 1.165) is 50.7 Å². The molecule has 240 valence electrons. The summed E-state index contributed by atoms with van der Waals surface area (Å²) in [5.41, 5.74) is -1.07. The number of anilines is 2. The number of aliphatic hydroxyl groups is 2. The van der Waals surface area contributed by atoms with Crippen LogP contribution in [0.15, 0.2) is 48.8 Å². The van der Waals surface area contributed by atoms with Gasteiger partial charge in [-0.05, 0) is 93.2 Å². The zero-order valence-corrected chi connectivity index (χ0v) is 24.1. The van der Waals surface area contributed by atoms with Crippen molar-refractivity contribution in [3.63, 3.8) is 0 Å². The topological polar surface area (TPSA) is 128 Å². The second kappa shape index (κ2) is 13.5. The molecule has 13 heteroatoms. The van der Waals surface area contributed by atoms with Crippen LogP contribution in [-0.4, -0.2) is 55.5 Å². The van der Waals surface area contributed by atoms with E-state index in [-0.39, 0.29) is 40.6 Å². The van der Waals surface area contributed by atoms with E-state index in [0.29, 0.717) is 41.3 Å². The van der Waals surface area contributed by atoms with Crippen molar-refractivity contribution in [3.8, 4) is 0 Å². The number of hydrogen-bond donors (Lipinski definition) is 5. The lowest BCUT2D eigenvalue weighted by atomic mass is 9.93. The van der Waals surface area contributed by atoms with Crippen molar-refractivity contribution in [3.05, 3.63) is 71.6 Å². The van der Waals surface area contributed by atoms with Crippen LogP contribution in [0.3, 0.4) is 0 Å². The lowest BCUT2D eigenvalue weighted by molar-refractivity contribution is -0.136. The monoisotopic (exact) mass is 632 g/mol. The molecule has 0 spiro atoms.